The van der Waals surface area contributed by atoms with Gasteiger partial charge in [0, 0.05) is 25.2 Å². The van der Waals surface area contributed by atoms with Crippen LogP contribution in [0.15, 0.2) is 83.8 Å². The molecule has 3 aromatic rings. The quantitative estimate of drug-likeness (QED) is 0.496. The second-order valence-corrected chi connectivity index (χ2v) is 10.4. The first-order valence-electron chi connectivity index (χ1n) is 11.8. The number of piperidine rings is 1. The van der Waals surface area contributed by atoms with Gasteiger partial charge in [-0.3, -0.25) is 9.59 Å². The van der Waals surface area contributed by atoms with Crippen LogP contribution in [0.3, 0.4) is 0 Å². The molecule has 0 saturated carbocycles. The zero-order chi connectivity index (χ0) is 24.7. The van der Waals surface area contributed by atoms with Gasteiger partial charge in [-0.05, 0) is 61.2 Å². The van der Waals surface area contributed by atoms with Gasteiger partial charge in [-0.1, -0.05) is 48.9 Å². The molecule has 3 aromatic carbocycles. The van der Waals surface area contributed by atoms with Crippen LogP contribution in [0.25, 0.3) is 0 Å². The molecule has 0 aliphatic carbocycles. The molecule has 0 aromatic heterocycles. The molecule has 0 atom stereocenters. The van der Waals surface area contributed by atoms with E-state index in [2.05, 4.69) is 10.6 Å². The molecule has 1 saturated heterocycles. The molecular weight excluding hydrogens is 462 g/mol. The van der Waals surface area contributed by atoms with E-state index in [9.17, 15) is 18.0 Å². The number of para-hydroxylation sites is 1. The topological polar surface area (TPSA) is 95.6 Å². The van der Waals surface area contributed by atoms with E-state index in [0.29, 0.717) is 42.9 Å². The lowest BCUT2D eigenvalue weighted by molar-refractivity contribution is 0.0955. The van der Waals surface area contributed by atoms with Crippen LogP contribution < -0.4 is 10.6 Å². The van der Waals surface area contributed by atoms with Crippen molar-refractivity contribution in [1.82, 2.24) is 9.62 Å². The molecule has 1 aliphatic rings. The van der Waals surface area contributed by atoms with E-state index in [-0.39, 0.29) is 10.8 Å². The molecule has 1 aliphatic heterocycles. The third-order valence-electron chi connectivity index (χ3n) is 6.03. The third-order valence-corrected chi connectivity index (χ3v) is 7.94. The highest BCUT2D eigenvalue weighted by atomic mass is 32.2. The van der Waals surface area contributed by atoms with Crippen molar-refractivity contribution in [3.8, 4) is 0 Å². The molecule has 0 bridgehead atoms. The lowest BCUT2D eigenvalue weighted by atomic mass is 10.1. The van der Waals surface area contributed by atoms with Crippen molar-refractivity contribution in [1.29, 1.82) is 0 Å². The monoisotopic (exact) mass is 491 g/mol. The first kappa shape index (κ1) is 24.6. The number of amides is 2. The van der Waals surface area contributed by atoms with E-state index in [1.165, 1.54) is 28.6 Å². The minimum absolute atomic E-state index is 0.175. The van der Waals surface area contributed by atoms with Crippen molar-refractivity contribution in [3.63, 3.8) is 0 Å². The summed E-state index contributed by atoms with van der Waals surface area (Å²) in [7, 11) is -3.56. The van der Waals surface area contributed by atoms with Crippen LogP contribution in [0.5, 0.6) is 0 Å². The number of hydrogen-bond acceptors (Lipinski definition) is 4. The fourth-order valence-corrected chi connectivity index (χ4v) is 5.59. The largest absolute Gasteiger partial charge is 0.352 e. The van der Waals surface area contributed by atoms with Gasteiger partial charge in [0.15, 0.2) is 0 Å². The second kappa shape index (κ2) is 11.3. The second-order valence-electron chi connectivity index (χ2n) is 8.48. The minimum atomic E-state index is -3.56. The molecule has 0 spiro atoms. The molecule has 2 N–H and O–H groups in total. The summed E-state index contributed by atoms with van der Waals surface area (Å²) in [5.41, 5.74) is 2.18. The van der Waals surface area contributed by atoms with Gasteiger partial charge in [-0.15, -0.1) is 0 Å². The highest BCUT2D eigenvalue weighted by Gasteiger charge is 2.26. The number of rotatable bonds is 8. The fraction of sp³-hybridized carbons (Fsp3) is 0.259. The van der Waals surface area contributed by atoms with Crippen molar-refractivity contribution in [2.45, 2.75) is 30.6 Å². The minimum Gasteiger partial charge on any atom is -0.352 e. The number of carbonyl (C=O) groups excluding carboxylic acids is 2. The van der Waals surface area contributed by atoms with Gasteiger partial charge in [0.1, 0.15) is 0 Å². The van der Waals surface area contributed by atoms with Crippen LogP contribution in [-0.4, -0.2) is 44.2 Å². The fourth-order valence-electron chi connectivity index (χ4n) is 4.08. The predicted octanol–water partition coefficient (Wildman–Crippen LogP) is 4.09. The number of benzene rings is 3. The normalized spacial score (nSPS) is 14.3. The first-order valence-corrected chi connectivity index (χ1v) is 13.2. The van der Waals surface area contributed by atoms with Gasteiger partial charge in [0.05, 0.1) is 16.1 Å². The molecule has 182 valence electrons. The van der Waals surface area contributed by atoms with E-state index in [4.69, 9.17) is 0 Å². The van der Waals surface area contributed by atoms with Crippen LogP contribution in [0.2, 0.25) is 0 Å². The molecule has 4 rings (SSSR count). The highest BCUT2D eigenvalue weighted by Crippen LogP contribution is 2.22. The van der Waals surface area contributed by atoms with Crippen LogP contribution in [-0.2, 0) is 16.4 Å². The summed E-state index contributed by atoms with van der Waals surface area (Å²) in [6.45, 7) is 1.52. The number of carbonyl (C=O) groups is 2. The number of nitrogens with zero attached hydrogens (tertiary/aromatic N) is 1. The Labute approximate surface area is 206 Å². The molecule has 35 heavy (non-hydrogen) atoms. The summed E-state index contributed by atoms with van der Waals surface area (Å²) < 4.78 is 27.2. The molecular formula is C27H29N3O4S. The van der Waals surface area contributed by atoms with Gasteiger partial charge in [-0.25, -0.2) is 8.42 Å². The standard InChI is InChI=1S/C27H29N3O4S/c31-26(22-13-15-23(16-14-22)35(33,34)30-19-7-2-8-20-30)29-25-12-6-5-11-24(25)27(32)28-18-17-21-9-3-1-4-10-21/h1,3-6,9-16H,2,7-8,17-20H2,(H,28,32)(H,29,31). The lowest BCUT2D eigenvalue weighted by Crippen LogP contribution is -2.35. The van der Waals surface area contributed by atoms with Gasteiger partial charge in [0.2, 0.25) is 10.0 Å². The Bertz CT molecular complexity index is 1270. The molecule has 0 unspecified atom stereocenters. The summed E-state index contributed by atoms with van der Waals surface area (Å²) in [5.74, 6) is -0.698. The Hall–Kier alpha value is -3.49. The highest BCUT2D eigenvalue weighted by molar-refractivity contribution is 7.89. The molecule has 1 heterocycles. The van der Waals surface area contributed by atoms with Crippen LogP contribution in [0.4, 0.5) is 5.69 Å². The van der Waals surface area contributed by atoms with Crippen LogP contribution in [0.1, 0.15) is 45.5 Å². The maximum Gasteiger partial charge on any atom is 0.255 e. The summed E-state index contributed by atoms with van der Waals surface area (Å²) in [6.07, 6.45) is 3.46. The van der Waals surface area contributed by atoms with E-state index < -0.39 is 15.9 Å². The third kappa shape index (κ3) is 6.15. The zero-order valence-corrected chi connectivity index (χ0v) is 20.3. The maximum absolute atomic E-state index is 12.8. The predicted molar refractivity (Wildman–Crippen MR) is 136 cm³/mol. The number of nitrogens with one attached hydrogen (secondary N) is 2. The van der Waals surface area contributed by atoms with Crippen molar-refractivity contribution >= 4 is 27.5 Å². The van der Waals surface area contributed by atoms with E-state index in [0.717, 1.165) is 24.8 Å². The summed E-state index contributed by atoms with van der Waals surface area (Å²) in [6, 6.07) is 22.6. The molecule has 8 heteroatoms. The van der Waals surface area contributed by atoms with Gasteiger partial charge < -0.3 is 10.6 Å². The van der Waals surface area contributed by atoms with Gasteiger partial charge >= 0.3 is 0 Å². The average Bonchev–Trinajstić information content (AvgIpc) is 2.90. The summed E-state index contributed by atoms with van der Waals surface area (Å²) in [4.78, 5) is 25.8. The zero-order valence-electron chi connectivity index (χ0n) is 19.4. The Morgan fingerprint density at radius 1 is 0.771 bits per heavy atom. The van der Waals surface area contributed by atoms with Crippen molar-refractivity contribution < 1.29 is 18.0 Å². The smallest absolute Gasteiger partial charge is 0.255 e. The Morgan fingerprint density at radius 3 is 2.14 bits per heavy atom. The molecule has 7 nitrogen and oxygen atoms in total. The van der Waals surface area contributed by atoms with E-state index in [1.54, 1.807) is 24.3 Å². The van der Waals surface area contributed by atoms with Crippen molar-refractivity contribution in [2.24, 2.45) is 0 Å². The van der Waals surface area contributed by atoms with Crippen molar-refractivity contribution in [2.75, 3.05) is 25.0 Å². The SMILES string of the molecule is O=C(Nc1ccccc1C(=O)NCCc1ccccc1)c1ccc(S(=O)(=O)N2CCCCC2)cc1. The van der Waals surface area contributed by atoms with E-state index in [1.807, 2.05) is 30.3 Å². The lowest BCUT2D eigenvalue weighted by Gasteiger charge is -2.25. The maximum atomic E-state index is 12.8. The summed E-state index contributed by atoms with van der Waals surface area (Å²) >= 11 is 0. The Balaban J connectivity index is 1.40. The number of sulfonamides is 1. The summed E-state index contributed by atoms with van der Waals surface area (Å²) in [5, 5.41) is 5.67. The van der Waals surface area contributed by atoms with E-state index >= 15 is 0 Å². The van der Waals surface area contributed by atoms with Gasteiger partial charge in [-0.2, -0.15) is 4.31 Å². The Kier molecular flexibility index (Phi) is 7.94. The average molecular weight is 492 g/mol. The molecule has 0 radical (unpaired) electrons. The molecule has 2 amide bonds. The molecule has 1 fully saturated rings. The first-order chi connectivity index (χ1) is 16.9. The number of hydrogen-bond donors (Lipinski definition) is 2. The van der Waals surface area contributed by atoms with Crippen LogP contribution >= 0.6 is 0 Å². The van der Waals surface area contributed by atoms with Crippen molar-refractivity contribution in [3.05, 3.63) is 95.6 Å². The Morgan fingerprint density at radius 2 is 1.43 bits per heavy atom. The number of anilines is 1. The van der Waals surface area contributed by atoms with Gasteiger partial charge in [0.25, 0.3) is 11.8 Å². The van der Waals surface area contributed by atoms with Crippen LogP contribution in [0, 0.1) is 0 Å².